The average molecular weight is 292 g/mol. The third kappa shape index (κ3) is 3.03. The highest BCUT2D eigenvalue weighted by molar-refractivity contribution is 5.95. The van der Waals surface area contributed by atoms with Gasteiger partial charge in [-0.25, -0.2) is 9.97 Å². The number of aromatic carboxylic acids is 1. The van der Waals surface area contributed by atoms with Gasteiger partial charge in [-0.05, 0) is 29.7 Å². The molecule has 1 N–H and O–H groups in total. The van der Waals surface area contributed by atoms with Gasteiger partial charge in [-0.2, -0.15) is 0 Å². The Morgan fingerprint density at radius 3 is 2.68 bits per heavy atom. The van der Waals surface area contributed by atoms with Crippen molar-refractivity contribution in [1.82, 2.24) is 9.97 Å². The highest BCUT2D eigenvalue weighted by Crippen LogP contribution is 2.20. The Morgan fingerprint density at radius 2 is 1.91 bits per heavy atom. The first kappa shape index (κ1) is 14.0. The summed E-state index contributed by atoms with van der Waals surface area (Å²) < 4.78 is 0. The summed E-state index contributed by atoms with van der Waals surface area (Å²) >= 11 is 0. The zero-order valence-corrected chi connectivity index (χ0v) is 11.8. The molecule has 0 spiro atoms. The molecule has 5 heteroatoms. The van der Waals surface area contributed by atoms with E-state index in [1.165, 1.54) is 24.0 Å². The minimum atomic E-state index is -1.21. The van der Waals surface area contributed by atoms with E-state index in [1.54, 1.807) is 6.07 Å². The van der Waals surface area contributed by atoms with Gasteiger partial charge in [0.2, 0.25) is 0 Å². The van der Waals surface area contributed by atoms with Gasteiger partial charge in [-0.3, -0.25) is 0 Å². The van der Waals surface area contributed by atoms with E-state index in [0.29, 0.717) is 11.3 Å². The van der Waals surface area contributed by atoms with Crippen molar-refractivity contribution in [3.8, 4) is 0 Å². The molecule has 0 saturated carbocycles. The Bertz CT molecular complexity index is 803. The number of fused-ring (bicyclic) bond motifs is 1. The minimum Gasteiger partial charge on any atom is -0.545 e. The van der Waals surface area contributed by atoms with Crippen LogP contribution in [0.15, 0.2) is 54.9 Å². The Morgan fingerprint density at radius 1 is 1.09 bits per heavy atom. The summed E-state index contributed by atoms with van der Waals surface area (Å²) in [5.74, 6) is -0.509. The van der Waals surface area contributed by atoms with Crippen LogP contribution >= 0.6 is 0 Å². The van der Waals surface area contributed by atoms with Gasteiger partial charge in [0.25, 0.3) is 0 Å². The maximum Gasteiger partial charge on any atom is 0.137 e. The number of nitrogens with one attached hydrogen (secondary N) is 1. The topological polar surface area (TPSA) is 77.9 Å². The van der Waals surface area contributed by atoms with Crippen LogP contribution in [0.2, 0.25) is 0 Å². The van der Waals surface area contributed by atoms with Gasteiger partial charge >= 0.3 is 0 Å². The number of benzene rings is 2. The molecule has 1 heterocycles. The zero-order valence-electron chi connectivity index (χ0n) is 11.8. The van der Waals surface area contributed by atoms with Crippen molar-refractivity contribution in [3.05, 3.63) is 66.0 Å². The molecule has 22 heavy (non-hydrogen) atoms. The standard InChI is InChI=1S/C17H15N3O2/c21-17(22)13-6-7-14-15(10-13)19-11-20-16(14)18-9-8-12-4-2-1-3-5-12/h1-7,10-11H,8-9H2,(H,21,22)(H,18,19,20)/p-1. The van der Waals surface area contributed by atoms with Crippen LogP contribution in [0, 0.1) is 0 Å². The van der Waals surface area contributed by atoms with Crippen molar-refractivity contribution in [2.45, 2.75) is 6.42 Å². The Balaban J connectivity index is 1.77. The van der Waals surface area contributed by atoms with E-state index in [2.05, 4.69) is 27.4 Å². The second-order valence-corrected chi connectivity index (χ2v) is 4.90. The smallest absolute Gasteiger partial charge is 0.137 e. The molecule has 0 atom stereocenters. The van der Waals surface area contributed by atoms with Crippen LogP contribution < -0.4 is 10.4 Å². The summed E-state index contributed by atoms with van der Waals surface area (Å²) in [4.78, 5) is 19.2. The number of nitrogens with zero attached hydrogens (tertiary/aromatic N) is 2. The second-order valence-electron chi connectivity index (χ2n) is 4.90. The van der Waals surface area contributed by atoms with E-state index in [-0.39, 0.29) is 5.56 Å². The predicted molar refractivity (Wildman–Crippen MR) is 82.5 cm³/mol. The lowest BCUT2D eigenvalue weighted by molar-refractivity contribution is -0.255. The van der Waals surface area contributed by atoms with Crippen LogP contribution in [-0.2, 0) is 6.42 Å². The van der Waals surface area contributed by atoms with Gasteiger partial charge in [-0.1, -0.05) is 36.4 Å². The third-order valence-corrected chi connectivity index (χ3v) is 3.42. The summed E-state index contributed by atoms with van der Waals surface area (Å²) in [6.45, 7) is 0.734. The highest BCUT2D eigenvalue weighted by atomic mass is 16.4. The molecule has 5 nitrogen and oxygen atoms in total. The largest absolute Gasteiger partial charge is 0.545 e. The van der Waals surface area contributed by atoms with Gasteiger partial charge in [0.05, 0.1) is 11.5 Å². The van der Waals surface area contributed by atoms with E-state index >= 15 is 0 Å². The van der Waals surface area contributed by atoms with Gasteiger partial charge in [0, 0.05) is 11.9 Å². The van der Waals surface area contributed by atoms with Crippen LogP contribution in [0.25, 0.3) is 10.9 Å². The fraction of sp³-hybridized carbons (Fsp3) is 0.118. The van der Waals surface area contributed by atoms with Crippen molar-refractivity contribution in [2.75, 3.05) is 11.9 Å². The Labute approximate surface area is 127 Å². The molecule has 0 aliphatic carbocycles. The SMILES string of the molecule is O=C([O-])c1ccc2c(NCCc3ccccc3)ncnc2c1. The lowest BCUT2D eigenvalue weighted by Gasteiger charge is -2.09. The van der Waals surface area contributed by atoms with Gasteiger partial charge in [0.1, 0.15) is 12.1 Å². The Kier molecular flexibility index (Phi) is 3.96. The van der Waals surface area contributed by atoms with E-state index in [9.17, 15) is 9.90 Å². The number of carbonyl (C=O) groups is 1. The maximum atomic E-state index is 10.9. The fourth-order valence-corrected chi connectivity index (χ4v) is 2.29. The monoisotopic (exact) mass is 292 g/mol. The van der Waals surface area contributed by atoms with Gasteiger partial charge in [0.15, 0.2) is 0 Å². The molecule has 0 aliphatic heterocycles. The molecule has 3 aromatic rings. The number of aromatic nitrogens is 2. The van der Waals surface area contributed by atoms with E-state index in [4.69, 9.17) is 0 Å². The minimum absolute atomic E-state index is 0.112. The number of carboxylic acids is 1. The first-order chi connectivity index (χ1) is 10.7. The fourth-order valence-electron chi connectivity index (χ4n) is 2.29. The number of rotatable bonds is 5. The van der Waals surface area contributed by atoms with Crippen molar-refractivity contribution in [2.24, 2.45) is 0 Å². The maximum absolute atomic E-state index is 10.9. The predicted octanol–water partition coefficient (Wildman–Crippen LogP) is 1.65. The van der Waals surface area contributed by atoms with E-state index in [1.807, 2.05) is 18.2 Å². The number of carbonyl (C=O) groups excluding carboxylic acids is 1. The normalized spacial score (nSPS) is 10.5. The van der Waals surface area contributed by atoms with Crippen molar-refractivity contribution in [3.63, 3.8) is 0 Å². The van der Waals surface area contributed by atoms with Crippen LogP contribution in [0.4, 0.5) is 5.82 Å². The van der Waals surface area contributed by atoms with Crippen molar-refractivity contribution >= 4 is 22.7 Å². The number of hydrogen-bond donors (Lipinski definition) is 1. The zero-order chi connectivity index (χ0) is 15.4. The van der Waals surface area contributed by atoms with E-state index < -0.39 is 5.97 Å². The molecule has 0 fully saturated rings. The molecule has 0 unspecified atom stereocenters. The number of hydrogen-bond acceptors (Lipinski definition) is 5. The van der Waals surface area contributed by atoms with Crippen LogP contribution in [-0.4, -0.2) is 22.5 Å². The lowest BCUT2D eigenvalue weighted by Crippen LogP contribution is -2.22. The molecule has 0 aliphatic rings. The Hall–Kier alpha value is -2.95. The van der Waals surface area contributed by atoms with Crippen LogP contribution in [0.3, 0.4) is 0 Å². The summed E-state index contributed by atoms with van der Waals surface area (Å²) in [7, 11) is 0. The first-order valence-electron chi connectivity index (χ1n) is 6.98. The van der Waals surface area contributed by atoms with Crippen molar-refractivity contribution in [1.29, 1.82) is 0 Å². The molecule has 0 saturated heterocycles. The molecule has 1 aromatic heterocycles. The summed E-state index contributed by atoms with van der Waals surface area (Å²) in [5, 5.41) is 15.0. The summed E-state index contributed by atoms with van der Waals surface area (Å²) in [6, 6.07) is 14.9. The van der Waals surface area contributed by atoms with Crippen LogP contribution in [0.1, 0.15) is 15.9 Å². The van der Waals surface area contributed by atoms with Gasteiger partial charge < -0.3 is 15.2 Å². The number of anilines is 1. The second kappa shape index (κ2) is 6.22. The number of carboxylic acid groups (broad SMARTS) is 1. The van der Waals surface area contributed by atoms with Gasteiger partial charge in [-0.15, -0.1) is 0 Å². The molecule has 0 radical (unpaired) electrons. The van der Waals surface area contributed by atoms with Crippen LogP contribution in [0.5, 0.6) is 0 Å². The molecular weight excluding hydrogens is 278 g/mol. The molecular formula is C17H14N3O2-. The first-order valence-corrected chi connectivity index (χ1v) is 6.98. The summed E-state index contributed by atoms with van der Waals surface area (Å²) in [6.07, 6.45) is 2.30. The highest BCUT2D eigenvalue weighted by Gasteiger charge is 2.05. The molecule has 3 rings (SSSR count). The van der Waals surface area contributed by atoms with Crippen molar-refractivity contribution < 1.29 is 9.90 Å². The summed E-state index contributed by atoms with van der Waals surface area (Å²) in [5.41, 5.74) is 1.94. The molecule has 2 aromatic carbocycles. The van der Waals surface area contributed by atoms with E-state index in [0.717, 1.165) is 18.4 Å². The molecule has 110 valence electrons. The third-order valence-electron chi connectivity index (χ3n) is 3.42. The average Bonchev–Trinajstić information content (AvgIpc) is 2.55. The lowest BCUT2D eigenvalue weighted by atomic mass is 10.1. The quantitative estimate of drug-likeness (QED) is 0.773. The molecule has 0 bridgehead atoms. The molecule has 0 amide bonds.